The second-order valence-corrected chi connectivity index (χ2v) is 4.81. The van der Waals surface area contributed by atoms with Crippen LogP contribution < -0.4 is 18.1 Å². The Balaban J connectivity index is 0.00000225. The summed E-state index contributed by atoms with van der Waals surface area (Å²) in [5, 5.41) is 0. The molecule has 1 aliphatic rings. The third-order valence-corrected chi connectivity index (χ3v) is 2.78. The predicted molar refractivity (Wildman–Crippen MR) is 55.8 cm³/mol. The number of hydrogen-bond donors (Lipinski definition) is 1. The monoisotopic (exact) mass is 249 g/mol. The lowest BCUT2D eigenvalue weighted by Crippen LogP contribution is -3.00. The maximum absolute atomic E-state index is 11.2. The van der Waals surface area contributed by atoms with Crippen LogP contribution in [0.15, 0.2) is 12.2 Å². The number of carbonyl (C=O) groups is 1. The van der Waals surface area contributed by atoms with Gasteiger partial charge in [-0.05, 0) is 27.7 Å². The van der Waals surface area contributed by atoms with Gasteiger partial charge in [0.05, 0.1) is 6.42 Å². The molecule has 2 atom stereocenters. The minimum atomic E-state index is -0.415. The molecule has 4 nitrogen and oxygen atoms in total. The zero-order chi connectivity index (χ0) is 11.9. The van der Waals surface area contributed by atoms with Crippen molar-refractivity contribution in [3.05, 3.63) is 12.2 Å². The van der Waals surface area contributed by atoms with Crippen LogP contribution in [0.3, 0.4) is 0 Å². The summed E-state index contributed by atoms with van der Waals surface area (Å²) in [6, 6.07) is 0. The third-order valence-electron chi connectivity index (χ3n) is 2.78. The molecule has 1 aliphatic heterocycles. The first-order valence-electron chi connectivity index (χ1n) is 5.10. The molecule has 0 aromatic heterocycles. The van der Waals surface area contributed by atoms with Crippen molar-refractivity contribution in [2.24, 2.45) is 0 Å². The zero-order valence-electron chi connectivity index (χ0n) is 10.3. The van der Waals surface area contributed by atoms with Gasteiger partial charge in [-0.1, -0.05) is 6.58 Å². The molecule has 94 valence electrons. The maximum Gasteiger partial charge on any atom is 0.333 e. The van der Waals surface area contributed by atoms with E-state index in [0.717, 1.165) is 0 Å². The maximum atomic E-state index is 11.2. The molecule has 0 spiro atoms. The van der Waals surface area contributed by atoms with E-state index in [1.54, 1.807) is 6.92 Å². The van der Waals surface area contributed by atoms with Gasteiger partial charge in [0, 0.05) is 5.57 Å². The van der Waals surface area contributed by atoms with E-state index in [4.69, 9.17) is 9.47 Å². The normalized spacial score (nSPS) is 27.6. The van der Waals surface area contributed by atoms with Crippen LogP contribution in [0.25, 0.3) is 0 Å². The van der Waals surface area contributed by atoms with E-state index in [1.165, 1.54) is 0 Å². The minimum absolute atomic E-state index is 0. The molecular formula is C11H20ClNO3. The summed E-state index contributed by atoms with van der Waals surface area (Å²) < 4.78 is 10.6. The van der Waals surface area contributed by atoms with E-state index in [1.807, 2.05) is 20.8 Å². The molecular weight excluding hydrogens is 230 g/mol. The molecule has 1 fully saturated rings. The topological polar surface area (TPSA) is 66.5 Å². The summed E-state index contributed by atoms with van der Waals surface area (Å²) in [4.78, 5) is 11.2. The molecule has 0 bridgehead atoms. The second-order valence-electron chi connectivity index (χ2n) is 4.81. The molecule has 5 heteroatoms. The molecule has 2 unspecified atom stereocenters. The average molecular weight is 250 g/mol. The van der Waals surface area contributed by atoms with Crippen molar-refractivity contribution in [1.82, 2.24) is 0 Å². The average Bonchev–Trinajstić information content (AvgIpc) is 2.48. The van der Waals surface area contributed by atoms with Gasteiger partial charge < -0.3 is 27.6 Å². The lowest BCUT2D eigenvalue weighted by molar-refractivity contribution is -0.475. The van der Waals surface area contributed by atoms with Crippen LogP contribution in [-0.2, 0) is 14.3 Å². The number of quaternary nitrogens is 1. The largest absolute Gasteiger partial charge is 1.00 e. The summed E-state index contributed by atoms with van der Waals surface area (Å²) in [5.74, 6) is -0.357. The SMILES string of the molecule is C=C(C)C(=O)OC(C)CC1([NH3+])OC1(C)C.[Cl-]. The highest BCUT2D eigenvalue weighted by atomic mass is 35.5. The Morgan fingerprint density at radius 1 is 1.56 bits per heavy atom. The Hall–Kier alpha value is -0.580. The Kier molecular flexibility index (Phi) is 4.56. The van der Waals surface area contributed by atoms with Gasteiger partial charge in [0.25, 0.3) is 0 Å². The predicted octanol–water partition coefficient (Wildman–Crippen LogP) is -2.36. The number of hydrogen-bond acceptors (Lipinski definition) is 3. The van der Waals surface area contributed by atoms with Crippen molar-refractivity contribution in [2.75, 3.05) is 0 Å². The van der Waals surface area contributed by atoms with Crippen LogP contribution >= 0.6 is 0 Å². The summed E-state index contributed by atoms with van der Waals surface area (Å²) in [5.41, 5.74) is 3.78. The van der Waals surface area contributed by atoms with Crippen LogP contribution in [0.2, 0.25) is 0 Å². The first-order valence-corrected chi connectivity index (χ1v) is 5.10. The number of halogens is 1. The second kappa shape index (κ2) is 4.73. The first-order chi connectivity index (χ1) is 6.68. The van der Waals surface area contributed by atoms with Gasteiger partial charge in [-0.15, -0.1) is 0 Å². The number of esters is 1. The van der Waals surface area contributed by atoms with E-state index in [9.17, 15) is 4.79 Å². The van der Waals surface area contributed by atoms with Gasteiger partial charge in [-0.3, -0.25) is 0 Å². The molecule has 1 rings (SSSR count). The summed E-state index contributed by atoms with van der Waals surface area (Å²) in [6.45, 7) is 11.0. The van der Waals surface area contributed by atoms with Gasteiger partial charge in [0.2, 0.25) is 5.72 Å². The van der Waals surface area contributed by atoms with E-state index in [0.29, 0.717) is 12.0 Å². The smallest absolute Gasteiger partial charge is 0.333 e. The summed E-state index contributed by atoms with van der Waals surface area (Å²) in [6.07, 6.45) is 0.410. The highest BCUT2D eigenvalue weighted by Gasteiger charge is 2.66. The molecule has 3 N–H and O–H groups in total. The highest BCUT2D eigenvalue weighted by Crippen LogP contribution is 2.44. The molecule has 0 radical (unpaired) electrons. The van der Waals surface area contributed by atoms with Crippen molar-refractivity contribution in [3.63, 3.8) is 0 Å². The summed E-state index contributed by atoms with van der Waals surface area (Å²) >= 11 is 0. The Labute approximate surface area is 103 Å². The van der Waals surface area contributed by atoms with Gasteiger partial charge in [0.1, 0.15) is 6.10 Å². The van der Waals surface area contributed by atoms with Crippen molar-refractivity contribution in [3.8, 4) is 0 Å². The number of epoxide rings is 1. The molecule has 0 aromatic rings. The highest BCUT2D eigenvalue weighted by molar-refractivity contribution is 5.87. The minimum Gasteiger partial charge on any atom is -1.00 e. The van der Waals surface area contributed by atoms with E-state index in [-0.39, 0.29) is 30.1 Å². The Morgan fingerprint density at radius 2 is 2.00 bits per heavy atom. The fourth-order valence-electron chi connectivity index (χ4n) is 1.54. The van der Waals surface area contributed by atoms with Gasteiger partial charge in [-0.25, -0.2) is 4.79 Å². The first kappa shape index (κ1) is 15.4. The Bertz CT molecular complexity index is 304. The van der Waals surface area contributed by atoms with Crippen molar-refractivity contribution in [2.45, 2.75) is 51.5 Å². The zero-order valence-corrected chi connectivity index (χ0v) is 11.1. The number of rotatable bonds is 4. The number of carbonyl (C=O) groups excluding carboxylic acids is 1. The van der Waals surface area contributed by atoms with E-state index < -0.39 is 5.72 Å². The van der Waals surface area contributed by atoms with Crippen molar-refractivity contribution < 1.29 is 32.4 Å². The lowest BCUT2D eigenvalue weighted by Gasteiger charge is -2.14. The molecule has 1 heterocycles. The summed E-state index contributed by atoms with van der Waals surface area (Å²) in [7, 11) is 0. The fraction of sp³-hybridized carbons (Fsp3) is 0.727. The molecule has 0 saturated carbocycles. The van der Waals surface area contributed by atoms with Crippen LogP contribution in [0, 0.1) is 0 Å². The molecule has 1 saturated heterocycles. The van der Waals surface area contributed by atoms with Crippen molar-refractivity contribution in [1.29, 1.82) is 0 Å². The van der Waals surface area contributed by atoms with Crippen LogP contribution in [-0.4, -0.2) is 23.4 Å². The van der Waals surface area contributed by atoms with E-state index >= 15 is 0 Å². The van der Waals surface area contributed by atoms with Crippen LogP contribution in [0.1, 0.15) is 34.1 Å². The number of ether oxygens (including phenoxy) is 2. The van der Waals surface area contributed by atoms with Crippen LogP contribution in [0.5, 0.6) is 0 Å². The molecule has 16 heavy (non-hydrogen) atoms. The van der Waals surface area contributed by atoms with Crippen LogP contribution in [0.4, 0.5) is 0 Å². The quantitative estimate of drug-likeness (QED) is 0.344. The molecule has 0 amide bonds. The standard InChI is InChI=1S/C11H19NO3.ClH/c1-7(2)9(13)14-8(3)6-11(12)10(4,5)15-11;/h8H,1,6,12H2,2-5H3;1H. The van der Waals surface area contributed by atoms with E-state index in [2.05, 4.69) is 12.3 Å². The molecule has 0 aliphatic carbocycles. The van der Waals surface area contributed by atoms with Gasteiger partial charge in [-0.2, -0.15) is 0 Å². The van der Waals surface area contributed by atoms with Gasteiger partial charge >= 0.3 is 5.97 Å². The van der Waals surface area contributed by atoms with Crippen molar-refractivity contribution >= 4 is 5.97 Å². The van der Waals surface area contributed by atoms with Gasteiger partial charge in [0.15, 0.2) is 5.60 Å². The Morgan fingerprint density at radius 3 is 2.31 bits per heavy atom. The lowest BCUT2D eigenvalue weighted by atomic mass is 10.00. The molecule has 0 aromatic carbocycles. The third kappa shape index (κ3) is 3.20. The fourth-order valence-corrected chi connectivity index (χ4v) is 1.54.